The molecule has 0 aromatic heterocycles. The molecule has 0 saturated heterocycles. The quantitative estimate of drug-likeness (QED) is 0.685. The Balaban J connectivity index is 1.69. The van der Waals surface area contributed by atoms with Crippen molar-refractivity contribution in [3.63, 3.8) is 0 Å². The van der Waals surface area contributed by atoms with E-state index in [0.29, 0.717) is 17.8 Å². The maximum Gasteiger partial charge on any atom is 0.261 e. The molecule has 0 aliphatic heterocycles. The first-order valence-electron chi connectivity index (χ1n) is 8.53. The molecular weight excluding hydrogens is 379 g/mol. The third-order valence-corrected chi connectivity index (χ3v) is 5.51. The number of hydrogen-bond acceptors (Lipinski definition) is 3. The molecule has 0 atom stereocenters. The number of amides is 1. The summed E-state index contributed by atoms with van der Waals surface area (Å²) in [4.78, 5) is 14.1. The van der Waals surface area contributed by atoms with Crippen molar-refractivity contribution in [1.82, 2.24) is 4.90 Å². The SMILES string of the molecule is CN(Cc1ccccc1)C(=O)c1ccc(NS(=O)(=O)c2ccc(F)cc2)cc1. The Morgan fingerprint density at radius 2 is 1.54 bits per heavy atom. The first-order valence-corrected chi connectivity index (χ1v) is 10.0. The van der Waals surface area contributed by atoms with Crippen molar-refractivity contribution in [1.29, 1.82) is 0 Å². The third kappa shape index (κ3) is 4.75. The number of anilines is 1. The fraction of sp³-hybridized carbons (Fsp3) is 0.0952. The molecule has 0 aliphatic rings. The Morgan fingerprint density at radius 3 is 2.14 bits per heavy atom. The van der Waals surface area contributed by atoms with Crippen molar-refractivity contribution in [2.24, 2.45) is 0 Å². The minimum absolute atomic E-state index is 0.0448. The van der Waals surface area contributed by atoms with Crippen LogP contribution in [0.4, 0.5) is 10.1 Å². The molecular formula is C21H19FN2O3S. The maximum atomic E-state index is 13.0. The Morgan fingerprint density at radius 1 is 0.929 bits per heavy atom. The van der Waals surface area contributed by atoms with Crippen molar-refractivity contribution in [3.8, 4) is 0 Å². The van der Waals surface area contributed by atoms with E-state index in [9.17, 15) is 17.6 Å². The lowest BCUT2D eigenvalue weighted by atomic mass is 10.1. The summed E-state index contributed by atoms with van der Waals surface area (Å²) in [5.41, 5.74) is 1.77. The summed E-state index contributed by atoms with van der Waals surface area (Å²) in [6, 6.07) is 20.3. The summed E-state index contributed by atoms with van der Waals surface area (Å²) in [5, 5.41) is 0. The van der Waals surface area contributed by atoms with Gasteiger partial charge in [-0.3, -0.25) is 9.52 Å². The minimum Gasteiger partial charge on any atom is -0.337 e. The summed E-state index contributed by atoms with van der Waals surface area (Å²) < 4.78 is 40.1. The van der Waals surface area contributed by atoms with E-state index >= 15 is 0 Å². The monoisotopic (exact) mass is 398 g/mol. The van der Waals surface area contributed by atoms with E-state index in [4.69, 9.17) is 0 Å². The second kappa shape index (κ2) is 8.22. The summed E-state index contributed by atoms with van der Waals surface area (Å²) in [7, 11) is -2.12. The summed E-state index contributed by atoms with van der Waals surface area (Å²) in [6.07, 6.45) is 0. The van der Waals surface area contributed by atoms with Gasteiger partial charge in [-0.05, 0) is 54.1 Å². The van der Waals surface area contributed by atoms with Gasteiger partial charge in [0.1, 0.15) is 5.82 Å². The third-order valence-electron chi connectivity index (χ3n) is 4.12. The molecule has 0 heterocycles. The smallest absolute Gasteiger partial charge is 0.261 e. The number of nitrogens with zero attached hydrogens (tertiary/aromatic N) is 1. The van der Waals surface area contributed by atoms with E-state index in [1.165, 1.54) is 24.3 Å². The van der Waals surface area contributed by atoms with Gasteiger partial charge >= 0.3 is 0 Å². The predicted molar refractivity (Wildman–Crippen MR) is 106 cm³/mol. The summed E-state index contributed by atoms with van der Waals surface area (Å²) in [5.74, 6) is -0.682. The Kier molecular flexibility index (Phi) is 5.75. The lowest BCUT2D eigenvalue weighted by molar-refractivity contribution is 0.0785. The van der Waals surface area contributed by atoms with Crippen LogP contribution in [0.5, 0.6) is 0 Å². The molecule has 1 amide bonds. The molecule has 0 saturated carbocycles. The second-order valence-electron chi connectivity index (χ2n) is 6.28. The fourth-order valence-corrected chi connectivity index (χ4v) is 3.72. The van der Waals surface area contributed by atoms with Gasteiger partial charge in [-0.2, -0.15) is 0 Å². The number of rotatable bonds is 6. The molecule has 1 N–H and O–H groups in total. The molecule has 0 spiro atoms. The van der Waals surface area contributed by atoms with E-state index in [-0.39, 0.29) is 10.8 Å². The maximum absolute atomic E-state index is 13.0. The highest BCUT2D eigenvalue weighted by Crippen LogP contribution is 2.18. The van der Waals surface area contributed by atoms with Gasteiger partial charge in [0.25, 0.3) is 15.9 Å². The number of sulfonamides is 1. The van der Waals surface area contributed by atoms with Crippen LogP contribution in [0.2, 0.25) is 0 Å². The van der Waals surface area contributed by atoms with Crippen LogP contribution in [0, 0.1) is 5.82 Å². The molecule has 144 valence electrons. The van der Waals surface area contributed by atoms with E-state index in [1.807, 2.05) is 30.3 Å². The highest BCUT2D eigenvalue weighted by molar-refractivity contribution is 7.92. The van der Waals surface area contributed by atoms with Gasteiger partial charge in [-0.15, -0.1) is 0 Å². The van der Waals surface area contributed by atoms with E-state index in [0.717, 1.165) is 17.7 Å². The van der Waals surface area contributed by atoms with Crippen molar-refractivity contribution in [2.45, 2.75) is 11.4 Å². The van der Waals surface area contributed by atoms with Crippen LogP contribution in [-0.2, 0) is 16.6 Å². The number of halogens is 1. The van der Waals surface area contributed by atoms with Crippen LogP contribution in [0.25, 0.3) is 0 Å². The molecule has 7 heteroatoms. The standard InChI is InChI=1S/C21H19FN2O3S/c1-24(15-16-5-3-2-4-6-16)21(25)17-7-11-19(12-8-17)23-28(26,27)20-13-9-18(22)10-14-20/h2-14,23H,15H2,1H3. The average Bonchev–Trinajstić information content (AvgIpc) is 2.69. The average molecular weight is 398 g/mol. The van der Waals surface area contributed by atoms with E-state index < -0.39 is 15.8 Å². The molecule has 3 aromatic carbocycles. The number of carbonyl (C=O) groups is 1. The number of nitrogens with one attached hydrogen (secondary N) is 1. The molecule has 0 aliphatic carbocycles. The van der Waals surface area contributed by atoms with E-state index in [1.54, 1.807) is 24.1 Å². The van der Waals surface area contributed by atoms with E-state index in [2.05, 4.69) is 4.72 Å². The van der Waals surface area contributed by atoms with Gasteiger partial charge in [-0.1, -0.05) is 30.3 Å². The van der Waals surface area contributed by atoms with Gasteiger partial charge in [0.2, 0.25) is 0 Å². The number of carbonyl (C=O) groups excluding carboxylic acids is 1. The predicted octanol–water partition coefficient (Wildman–Crippen LogP) is 3.90. The number of benzene rings is 3. The lowest BCUT2D eigenvalue weighted by Crippen LogP contribution is -2.26. The zero-order valence-electron chi connectivity index (χ0n) is 15.2. The first-order chi connectivity index (χ1) is 13.3. The van der Waals surface area contributed by atoms with Crippen molar-refractivity contribution < 1.29 is 17.6 Å². The van der Waals surface area contributed by atoms with Crippen LogP contribution < -0.4 is 4.72 Å². The molecule has 3 aromatic rings. The van der Waals surface area contributed by atoms with Crippen LogP contribution >= 0.6 is 0 Å². The van der Waals surface area contributed by atoms with Crippen LogP contribution in [0.1, 0.15) is 15.9 Å². The van der Waals surface area contributed by atoms with Gasteiger partial charge in [0.15, 0.2) is 0 Å². The van der Waals surface area contributed by atoms with Gasteiger partial charge < -0.3 is 4.90 Å². The summed E-state index contributed by atoms with van der Waals surface area (Å²) in [6.45, 7) is 0.471. The molecule has 0 unspecified atom stereocenters. The Labute approximate surface area is 163 Å². The van der Waals surface area contributed by atoms with Gasteiger partial charge in [-0.25, -0.2) is 12.8 Å². The highest BCUT2D eigenvalue weighted by atomic mass is 32.2. The molecule has 5 nitrogen and oxygen atoms in total. The largest absolute Gasteiger partial charge is 0.337 e. The fourth-order valence-electron chi connectivity index (χ4n) is 2.66. The summed E-state index contributed by atoms with van der Waals surface area (Å²) >= 11 is 0. The van der Waals surface area contributed by atoms with Crippen LogP contribution in [0.3, 0.4) is 0 Å². The Hall–Kier alpha value is -3.19. The highest BCUT2D eigenvalue weighted by Gasteiger charge is 2.16. The topological polar surface area (TPSA) is 66.5 Å². The second-order valence-corrected chi connectivity index (χ2v) is 7.97. The molecule has 0 bridgehead atoms. The zero-order valence-corrected chi connectivity index (χ0v) is 16.0. The minimum atomic E-state index is -3.83. The molecule has 28 heavy (non-hydrogen) atoms. The van der Waals surface area contributed by atoms with Gasteiger partial charge in [0, 0.05) is 24.8 Å². The van der Waals surface area contributed by atoms with Crippen LogP contribution in [-0.4, -0.2) is 26.3 Å². The van der Waals surface area contributed by atoms with Gasteiger partial charge in [0.05, 0.1) is 4.90 Å². The van der Waals surface area contributed by atoms with Crippen LogP contribution in [0.15, 0.2) is 83.8 Å². The van der Waals surface area contributed by atoms with Crippen molar-refractivity contribution >= 4 is 21.6 Å². The molecule has 0 fully saturated rings. The molecule has 0 radical (unpaired) electrons. The van der Waals surface area contributed by atoms with Crippen molar-refractivity contribution in [2.75, 3.05) is 11.8 Å². The normalized spacial score (nSPS) is 11.1. The molecule has 3 rings (SSSR count). The first kappa shape index (κ1) is 19.6. The van der Waals surface area contributed by atoms with Crippen molar-refractivity contribution in [3.05, 3.63) is 95.8 Å². The number of hydrogen-bond donors (Lipinski definition) is 1. The zero-order chi connectivity index (χ0) is 20.1. The lowest BCUT2D eigenvalue weighted by Gasteiger charge is -2.17. The Bertz CT molecular complexity index is 1050.